The largest absolute Gasteiger partial charge is 0.481 e. The number of nitrogens with zero attached hydrogens (tertiary/aromatic N) is 4. The summed E-state index contributed by atoms with van der Waals surface area (Å²) in [6, 6.07) is 15.8. The number of aromatic nitrogens is 4. The molecular weight excluding hydrogens is 628 g/mol. The quantitative estimate of drug-likeness (QED) is 0.124. The van der Waals surface area contributed by atoms with E-state index >= 15 is 0 Å². The van der Waals surface area contributed by atoms with E-state index in [-0.39, 0.29) is 6.04 Å². The van der Waals surface area contributed by atoms with Gasteiger partial charge in [0.05, 0.1) is 23.3 Å². The van der Waals surface area contributed by atoms with Crippen molar-refractivity contribution in [3.63, 3.8) is 0 Å². The first-order valence-electron chi connectivity index (χ1n) is 16.1. The van der Waals surface area contributed by atoms with Gasteiger partial charge in [-0.2, -0.15) is 0 Å². The van der Waals surface area contributed by atoms with Crippen LogP contribution in [0, 0.1) is 13.8 Å². The van der Waals surface area contributed by atoms with E-state index in [2.05, 4.69) is 21.7 Å². The average molecular weight is 667 g/mol. The van der Waals surface area contributed by atoms with Crippen LogP contribution in [-0.2, 0) is 25.3 Å². The second-order valence-corrected chi connectivity index (χ2v) is 12.7. The SMILES string of the molecule is COc1nc(-c2cccc(-c3cccc(Nc4nc(C)cc5c4c(=O)n(C)c(=O)n5C)c3C)c2Cl)cc2c1[C@@H](NCCCCC=O)CC2. The number of fused-ring (bicyclic) bond motifs is 2. The van der Waals surface area contributed by atoms with Gasteiger partial charge >= 0.3 is 5.69 Å². The Morgan fingerprint density at radius 3 is 2.52 bits per heavy atom. The Morgan fingerprint density at radius 2 is 1.75 bits per heavy atom. The molecule has 0 fully saturated rings. The highest BCUT2D eigenvalue weighted by Crippen LogP contribution is 2.43. The van der Waals surface area contributed by atoms with E-state index < -0.39 is 11.2 Å². The summed E-state index contributed by atoms with van der Waals surface area (Å²) in [6.45, 7) is 4.66. The summed E-state index contributed by atoms with van der Waals surface area (Å²) in [4.78, 5) is 46.1. The van der Waals surface area contributed by atoms with E-state index in [1.54, 1.807) is 20.2 Å². The first kappa shape index (κ1) is 33.1. The second-order valence-electron chi connectivity index (χ2n) is 12.3. The fourth-order valence-corrected chi connectivity index (χ4v) is 6.99. The molecule has 48 heavy (non-hydrogen) atoms. The molecule has 0 saturated heterocycles. The van der Waals surface area contributed by atoms with Crippen molar-refractivity contribution in [1.82, 2.24) is 24.4 Å². The Morgan fingerprint density at radius 1 is 1.00 bits per heavy atom. The third-order valence-corrected chi connectivity index (χ3v) is 9.63. The molecule has 3 heterocycles. The van der Waals surface area contributed by atoms with Crippen LogP contribution in [0.1, 0.15) is 54.1 Å². The minimum Gasteiger partial charge on any atom is -0.481 e. The predicted octanol–water partition coefficient (Wildman–Crippen LogP) is 6.33. The Balaban J connectivity index is 1.35. The summed E-state index contributed by atoms with van der Waals surface area (Å²) in [5.74, 6) is 0.972. The van der Waals surface area contributed by atoms with E-state index in [0.29, 0.717) is 39.7 Å². The van der Waals surface area contributed by atoms with Gasteiger partial charge in [0, 0.05) is 54.6 Å². The van der Waals surface area contributed by atoms with E-state index in [1.165, 1.54) is 17.2 Å². The lowest BCUT2D eigenvalue weighted by molar-refractivity contribution is -0.107. The van der Waals surface area contributed by atoms with Gasteiger partial charge in [-0.3, -0.25) is 13.9 Å². The van der Waals surface area contributed by atoms with Gasteiger partial charge in [0.2, 0.25) is 5.88 Å². The maximum Gasteiger partial charge on any atom is 0.330 e. The van der Waals surface area contributed by atoms with Crippen LogP contribution >= 0.6 is 11.6 Å². The highest BCUT2D eigenvalue weighted by molar-refractivity contribution is 6.36. The standard InChI is InChI=1S/C37H39ClN6O4/c1-21-19-30-32(36(46)44(4)37(47)43(30)3)34(40-21)41-27-14-10-11-24(22(27)2)25-12-9-13-26(33(25)38)29-20-23-15-16-28(31(23)35(42-29)48-5)39-17-7-6-8-18-45/h9-14,18-20,28,39H,6-8,15-17H2,1-5H3,(H,40,41)/t28-/m0/s1. The maximum atomic E-state index is 13.3. The number of rotatable bonds is 11. The number of hydrogen-bond donors (Lipinski definition) is 2. The summed E-state index contributed by atoms with van der Waals surface area (Å²) >= 11 is 7.19. The van der Waals surface area contributed by atoms with Crippen molar-refractivity contribution in [1.29, 1.82) is 0 Å². The minimum absolute atomic E-state index is 0.150. The summed E-state index contributed by atoms with van der Waals surface area (Å²) < 4.78 is 8.37. The number of aldehydes is 1. The van der Waals surface area contributed by atoms with Gasteiger partial charge in [-0.05, 0) is 81.0 Å². The zero-order valence-corrected chi connectivity index (χ0v) is 28.6. The molecular formula is C37H39ClN6O4. The fraction of sp³-hybridized carbons (Fsp3) is 0.324. The van der Waals surface area contributed by atoms with E-state index in [9.17, 15) is 14.4 Å². The first-order valence-corrected chi connectivity index (χ1v) is 16.5. The predicted molar refractivity (Wildman–Crippen MR) is 191 cm³/mol. The van der Waals surface area contributed by atoms with Crippen LogP contribution < -0.4 is 26.6 Å². The van der Waals surface area contributed by atoms with Crippen LogP contribution in [0.4, 0.5) is 11.5 Å². The fourth-order valence-electron chi connectivity index (χ4n) is 6.67. The second kappa shape index (κ2) is 13.7. The van der Waals surface area contributed by atoms with Crippen molar-refractivity contribution in [3.8, 4) is 28.3 Å². The van der Waals surface area contributed by atoms with Gasteiger partial charge in [0.15, 0.2) is 0 Å². The molecule has 6 rings (SSSR count). The molecule has 0 amide bonds. The number of anilines is 2. The summed E-state index contributed by atoms with van der Waals surface area (Å²) in [7, 11) is 4.76. The molecule has 0 radical (unpaired) electrons. The van der Waals surface area contributed by atoms with Crippen LogP contribution in [0.25, 0.3) is 33.3 Å². The lowest BCUT2D eigenvalue weighted by Crippen LogP contribution is -2.37. The maximum absolute atomic E-state index is 13.3. The monoisotopic (exact) mass is 666 g/mol. The lowest BCUT2D eigenvalue weighted by atomic mass is 9.96. The Labute approximate surface area is 283 Å². The van der Waals surface area contributed by atoms with Gasteiger partial charge in [-0.15, -0.1) is 0 Å². The molecule has 1 aliphatic rings. The number of carbonyl (C=O) groups is 1. The molecule has 0 aliphatic heterocycles. The number of unbranched alkanes of at least 4 members (excludes halogenated alkanes) is 2. The van der Waals surface area contributed by atoms with E-state index in [4.69, 9.17) is 21.3 Å². The zero-order chi connectivity index (χ0) is 34.1. The van der Waals surface area contributed by atoms with Crippen molar-refractivity contribution in [2.45, 2.75) is 52.0 Å². The Kier molecular flexibility index (Phi) is 9.48. The van der Waals surface area contributed by atoms with Crippen LogP contribution in [-0.4, -0.2) is 39.0 Å². The van der Waals surface area contributed by atoms with Crippen molar-refractivity contribution < 1.29 is 9.53 Å². The molecule has 0 unspecified atom stereocenters. The van der Waals surface area contributed by atoms with Gasteiger partial charge in [0.25, 0.3) is 5.56 Å². The molecule has 0 spiro atoms. The topological polar surface area (TPSA) is 120 Å². The lowest BCUT2D eigenvalue weighted by Gasteiger charge is -2.19. The number of ether oxygens (including phenoxy) is 1. The number of aryl methyl sites for hydroxylation is 3. The van der Waals surface area contributed by atoms with Crippen molar-refractivity contribution in [3.05, 3.63) is 96.8 Å². The molecule has 2 aromatic carbocycles. The number of halogens is 1. The summed E-state index contributed by atoms with van der Waals surface area (Å²) in [6.07, 6.45) is 5.22. The summed E-state index contributed by atoms with van der Waals surface area (Å²) in [5.41, 5.74) is 7.61. The number of pyridine rings is 2. The van der Waals surface area contributed by atoms with Crippen molar-refractivity contribution in [2.75, 3.05) is 19.0 Å². The van der Waals surface area contributed by atoms with Gasteiger partial charge < -0.3 is 20.2 Å². The van der Waals surface area contributed by atoms with Crippen LogP contribution in [0.5, 0.6) is 5.88 Å². The number of benzene rings is 2. The number of carbonyl (C=O) groups excluding carboxylic acids is 1. The molecule has 11 heteroatoms. The molecule has 248 valence electrons. The molecule has 0 bridgehead atoms. The van der Waals surface area contributed by atoms with Crippen molar-refractivity contribution in [2.24, 2.45) is 14.1 Å². The van der Waals surface area contributed by atoms with Crippen molar-refractivity contribution >= 4 is 40.3 Å². The molecule has 1 atom stereocenters. The third kappa shape index (κ3) is 6.02. The smallest absolute Gasteiger partial charge is 0.330 e. The third-order valence-electron chi connectivity index (χ3n) is 9.23. The van der Waals surface area contributed by atoms with Gasteiger partial charge in [-0.1, -0.05) is 41.9 Å². The first-order chi connectivity index (χ1) is 23.1. The molecule has 1 aliphatic carbocycles. The van der Waals surface area contributed by atoms with Crippen LogP contribution in [0.3, 0.4) is 0 Å². The number of hydrogen-bond acceptors (Lipinski definition) is 8. The van der Waals surface area contributed by atoms with E-state index in [1.807, 2.05) is 50.2 Å². The normalized spacial score (nSPS) is 13.9. The molecule has 3 aromatic heterocycles. The number of methoxy groups -OCH3 is 1. The van der Waals surface area contributed by atoms with Crippen LogP contribution in [0.15, 0.2) is 58.1 Å². The minimum atomic E-state index is -0.415. The summed E-state index contributed by atoms with van der Waals surface area (Å²) in [5, 5.41) is 7.91. The van der Waals surface area contributed by atoms with E-state index in [0.717, 1.165) is 82.3 Å². The highest BCUT2D eigenvalue weighted by Gasteiger charge is 2.28. The molecule has 0 saturated carbocycles. The Hall–Kier alpha value is -4.80. The van der Waals surface area contributed by atoms with Crippen LogP contribution in [0.2, 0.25) is 5.02 Å². The van der Waals surface area contributed by atoms with Gasteiger partial charge in [0.1, 0.15) is 17.5 Å². The molecule has 10 nitrogen and oxygen atoms in total. The zero-order valence-electron chi connectivity index (χ0n) is 27.8. The average Bonchev–Trinajstić information content (AvgIpc) is 3.49. The Bertz CT molecular complexity index is 2170. The molecule has 5 aromatic rings. The number of nitrogens with one attached hydrogen (secondary N) is 2. The molecule has 2 N–H and O–H groups in total. The van der Waals surface area contributed by atoms with Gasteiger partial charge in [-0.25, -0.2) is 14.8 Å². The highest BCUT2D eigenvalue weighted by atomic mass is 35.5.